The highest BCUT2D eigenvalue weighted by Gasteiger charge is 2.41. The van der Waals surface area contributed by atoms with Gasteiger partial charge in [-0.3, -0.25) is 4.79 Å². The maximum Gasteiger partial charge on any atom is 0.170 e. The Morgan fingerprint density at radius 1 is 1.62 bits per heavy atom. The Morgan fingerprint density at radius 3 is 2.94 bits per heavy atom. The quantitative estimate of drug-likeness (QED) is 0.763. The van der Waals surface area contributed by atoms with E-state index >= 15 is 0 Å². The van der Waals surface area contributed by atoms with Gasteiger partial charge in [0.2, 0.25) is 0 Å². The average Bonchev–Trinajstić information content (AvgIpc) is 2.69. The third-order valence-electron chi connectivity index (χ3n) is 2.43. The molecule has 0 amide bonds. The summed E-state index contributed by atoms with van der Waals surface area (Å²) >= 11 is 12.3. The lowest BCUT2D eigenvalue weighted by atomic mass is 9.91. The topological polar surface area (TPSA) is 47.8 Å². The van der Waals surface area contributed by atoms with Crippen LogP contribution >= 0.6 is 23.2 Å². The zero-order valence-electron chi connectivity index (χ0n) is 8.47. The fourth-order valence-corrected chi connectivity index (χ4v) is 2.39. The Labute approximate surface area is 103 Å². The first-order valence-electron chi connectivity index (χ1n) is 4.65. The number of halogens is 2. The van der Waals surface area contributed by atoms with Crippen molar-refractivity contribution in [1.82, 2.24) is 14.8 Å². The minimum atomic E-state index is -1.10. The molecule has 0 saturated carbocycles. The molecule has 0 radical (unpaired) electrons. The molecule has 2 rings (SSSR count). The molecule has 0 spiro atoms. The summed E-state index contributed by atoms with van der Waals surface area (Å²) in [6.07, 6.45) is 7.76. The van der Waals surface area contributed by atoms with Gasteiger partial charge in [0.05, 0.1) is 5.92 Å². The van der Waals surface area contributed by atoms with Crippen molar-refractivity contribution in [3.8, 4) is 0 Å². The summed E-state index contributed by atoms with van der Waals surface area (Å²) in [5.74, 6) is -0.555. The van der Waals surface area contributed by atoms with Crippen LogP contribution in [0, 0.1) is 5.92 Å². The lowest BCUT2D eigenvalue weighted by molar-refractivity contribution is -0.120. The number of carbonyl (C=O) groups excluding carboxylic acids is 1. The largest absolute Gasteiger partial charge is 0.299 e. The first-order chi connectivity index (χ1) is 7.54. The maximum absolute atomic E-state index is 11.5. The van der Waals surface area contributed by atoms with Crippen molar-refractivity contribution in [3.63, 3.8) is 0 Å². The molecule has 0 fully saturated rings. The Bertz CT molecular complexity index is 466. The van der Waals surface area contributed by atoms with E-state index in [4.69, 9.17) is 23.2 Å². The number of ketones is 1. The smallest absolute Gasteiger partial charge is 0.170 e. The molecule has 0 bridgehead atoms. The van der Waals surface area contributed by atoms with Crippen molar-refractivity contribution in [2.24, 2.45) is 5.92 Å². The van der Waals surface area contributed by atoms with Gasteiger partial charge in [0, 0.05) is 5.03 Å². The molecular weight excluding hydrogens is 249 g/mol. The lowest BCUT2D eigenvalue weighted by Crippen LogP contribution is -2.38. The third kappa shape index (κ3) is 1.79. The van der Waals surface area contributed by atoms with Crippen LogP contribution in [0.1, 0.15) is 6.92 Å². The van der Waals surface area contributed by atoms with Crippen LogP contribution in [0.15, 0.2) is 35.9 Å². The number of hydrogen-bond acceptors (Lipinski definition) is 3. The van der Waals surface area contributed by atoms with E-state index in [2.05, 4.69) is 10.1 Å². The summed E-state index contributed by atoms with van der Waals surface area (Å²) in [4.78, 5) is 14.3. The van der Waals surface area contributed by atoms with Crippen LogP contribution in [0.5, 0.6) is 0 Å². The second kappa shape index (κ2) is 4.03. The van der Waals surface area contributed by atoms with E-state index < -0.39 is 10.9 Å². The van der Waals surface area contributed by atoms with E-state index in [9.17, 15) is 4.79 Å². The average molecular weight is 258 g/mol. The minimum absolute atomic E-state index is 0.0535. The summed E-state index contributed by atoms with van der Waals surface area (Å²) in [7, 11) is 0. The zero-order valence-corrected chi connectivity index (χ0v) is 9.98. The standard InChI is InChI=1S/C10H9Cl2N3O/c1-7(16)9-3-2-8(11)4-10(9,12)15-6-13-5-14-15/h2-6,9H,1H3. The number of allylic oxidation sites excluding steroid dienone is 4. The molecule has 1 aliphatic rings. The van der Waals surface area contributed by atoms with Crippen LogP contribution in [0.3, 0.4) is 0 Å². The molecule has 0 aliphatic heterocycles. The predicted molar refractivity (Wildman–Crippen MR) is 61.1 cm³/mol. The normalized spacial score (nSPS) is 28.9. The van der Waals surface area contributed by atoms with E-state index in [1.807, 2.05) is 0 Å². The van der Waals surface area contributed by atoms with E-state index in [1.165, 1.54) is 24.3 Å². The first kappa shape index (κ1) is 11.4. The SMILES string of the molecule is CC(=O)C1C=CC(Cl)=CC1(Cl)n1cncn1. The van der Waals surface area contributed by atoms with E-state index in [1.54, 1.807) is 18.2 Å². The van der Waals surface area contributed by atoms with Gasteiger partial charge in [-0.15, -0.1) is 0 Å². The molecule has 0 N–H and O–H groups in total. The molecule has 1 heterocycles. The van der Waals surface area contributed by atoms with Gasteiger partial charge in [0.25, 0.3) is 0 Å². The van der Waals surface area contributed by atoms with Gasteiger partial charge in [-0.1, -0.05) is 29.3 Å². The summed E-state index contributed by atoms with van der Waals surface area (Å²) < 4.78 is 1.42. The first-order valence-corrected chi connectivity index (χ1v) is 5.40. The second-order valence-electron chi connectivity index (χ2n) is 3.54. The van der Waals surface area contributed by atoms with Gasteiger partial charge in [-0.2, -0.15) is 5.10 Å². The Balaban J connectivity index is 2.50. The molecule has 1 aromatic heterocycles. The van der Waals surface area contributed by atoms with Crippen molar-refractivity contribution in [2.75, 3.05) is 0 Å². The Hall–Kier alpha value is -1.13. The van der Waals surface area contributed by atoms with Crippen LogP contribution in [0.2, 0.25) is 0 Å². The van der Waals surface area contributed by atoms with Gasteiger partial charge in [-0.05, 0) is 19.1 Å². The van der Waals surface area contributed by atoms with Crippen LogP contribution in [0.4, 0.5) is 0 Å². The number of alkyl halides is 1. The third-order valence-corrected chi connectivity index (χ3v) is 3.18. The van der Waals surface area contributed by atoms with E-state index in [-0.39, 0.29) is 5.78 Å². The van der Waals surface area contributed by atoms with Crippen LogP contribution < -0.4 is 0 Å². The molecule has 1 aromatic rings. The van der Waals surface area contributed by atoms with Crippen molar-refractivity contribution >= 4 is 29.0 Å². The number of rotatable bonds is 2. The summed E-state index contributed by atoms with van der Waals surface area (Å²) in [5.41, 5.74) is 0. The minimum Gasteiger partial charge on any atom is -0.299 e. The van der Waals surface area contributed by atoms with Gasteiger partial charge in [-0.25, -0.2) is 9.67 Å². The fourth-order valence-electron chi connectivity index (χ4n) is 1.67. The number of nitrogens with zero attached hydrogens (tertiary/aromatic N) is 3. The molecule has 6 heteroatoms. The number of carbonyl (C=O) groups is 1. The van der Waals surface area contributed by atoms with Gasteiger partial charge < -0.3 is 0 Å². The summed E-state index contributed by atoms with van der Waals surface area (Å²) in [6, 6.07) is 0. The van der Waals surface area contributed by atoms with Crippen molar-refractivity contribution in [1.29, 1.82) is 0 Å². The molecule has 84 valence electrons. The molecule has 2 atom stereocenters. The van der Waals surface area contributed by atoms with Gasteiger partial charge in [0.1, 0.15) is 18.4 Å². The highest BCUT2D eigenvalue weighted by Crippen LogP contribution is 2.38. The van der Waals surface area contributed by atoms with Crippen molar-refractivity contribution in [2.45, 2.75) is 11.9 Å². The fraction of sp³-hybridized carbons (Fsp3) is 0.300. The molecular formula is C10H9Cl2N3O. The van der Waals surface area contributed by atoms with Crippen LogP contribution in [0.25, 0.3) is 0 Å². The number of aromatic nitrogens is 3. The number of Topliss-reactive ketones (excluding diaryl/α,β-unsaturated/α-hetero) is 1. The van der Waals surface area contributed by atoms with Crippen LogP contribution in [-0.2, 0) is 9.79 Å². The monoisotopic (exact) mass is 257 g/mol. The van der Waals surface area contributed by atoms with Gasteiger partial charge >= 0.3 is 0 Å². The van der Waals surface area contributed by atoms with E-state index in [0.29, 0.717) is 5.03 Å². The molecule has 0 saturated heterocycles. The lowest BCUT2D eigenvalue weighted by Gasteiger charge is -2.31. The van der Waals surface area contributed by atoms with Crippen LogP contribution in [-0.4, -0.2) is 20.5 Å². The highest BCUT2D eigenvalue weighted by atomic mass is 35.5. The summed E-state index contributed by atoms with van der Waals surface area (Å²) in [6.45, 7) is 1.48. The second-order valence-corrected chi connectivity index (χ2v) is 4.59. The molecule has 16 heavy (non-hydrogen) atoms. The van der Waals surface area contributed by atoms with Crippen molar-refractivity contribution < 1.29 is 4.79 Å². The van der Waals surface area contributed by atoms with Gasteiger partial charge in [0.15, 0.2) is 5.00 Å². The number of hydrogen-bond donors (Lipinski definition) is 0. The molecule has 1 aliphatic carbocycles. The molecule has 0 aromatic carbocycles. The molecule has 2 unspecified atom stereocenters. The maximum atomic E-state index is 11.5. The summed E-state index contributed by atoms with van der Waals surface area (Å²) in [5, 5.41) is 4.44. The Morgan fingerprint density at radius 2 is 2.38 bits per heavy atom. The molecule has 4 nitrogen and oxygen atoms in total. The zero-order chi connectivity index (χ0) is 11.8. The predicted octanol–water partition coefficient (Wildman–Crippen LogP) is 2.07. The highest BCUT2D eigenvalue weighted by molar-refractivity contribution is 6.33. The van der Waals surface area contributed by atoms with Crippen molar-refractivity contribution in [3.05, 3.63) is 35.9 Å². The Kier molecular flexibility index (Phi) is 2.86. The van der Waals surface area contributed by atoms with E-state index in [0.717, 1.165) is 0 Å².